The standard InChI is InChI=1S/C8H18N2O2.H2/c1-9(2)5-6-12-8(11)7-10(3)4;/h5-7H2,1-4H3;1H. The highest BCUT2D eigenvalue weighted by Gasteiger charge is 2.03. The number of carbonyl (C=O) groups is 1. The SMILES string of the molecule is CN(C)CCOC(=O)CN(C)C.[HH]. The molecule has 0 amide bonds. The summed E-state index contributed by atoms with van der Waals surface area (Å²) >= 11 is 0. The molecule has 0 bridgehead atoms. The molecule has 0 saturated heterocycles. The summed E-state index contributed by atoms with van der Waals surface area (Å²) in [4.78, 5) is 14.7. The van der Waals surface area contributed by atoms with Crippen LogP contribution in [0.5, 0.6) is 0 Å². The van der Waals surface area contributed by atoms with Gasteiger partial charge in [0, 0.05) is 7.97 Å². The molecule has 0 aromatic carbocycles. The Balaban J connectivity index is 0. The summed E-state index contributed by atoms with van der Waals surface area (Å²) in [5, 5.41) is 0. The Morgan fingerprint density at radius 3 is 2.25 bits per heavy atom. The highest BCUT2D eigenvalue weighted by Crippen LogP contribution is 1.83. The smallest absolute Gasteiger partial charge is 0.320 e. The Hall–Kier alpha value is -0.610. The van der Waals surface area contributed by atoms with Crippen LogP contribution < -0.4 is 0 Å². The number of ether oxygens (including phenoxy) is 1. The molecule has 0 radical (unpaired) electrons. The molecule has 0 saturated carbocycles. The number of hydrogen-bond donors (Lipinski definition) is 0. The van der Waals surface area contributed by atoms with Crippen LogP contribution in [0.15, 0.2) is 0 Å². The molecule has 0 aliphatic rings. The summed E-state index contributed by atoms with van der Waals surface area (Å²) in [7, 11) is 7.57. The molecule has 0 fully saturated rings. The summed E-state index contributed by atoms with van der Waals surface area (Å²) in [5.74, 6) is -0.165. The predicted octanol–water partition coefficient (Wildman–Crippen LogP) is -0.101. The molecule has 0 atom stereocenters. The van der Waals surface area contributed by atoms with Crippen LogP contribution in [0.2, 0.25) is 0 Å². The van der Waals surface area contributed by atoms with Crippen molar-refractivity contribution in [3.63, 3.8) is 0 Å². The van der Waals surface area contributed by atoms with Crippen molar-refractivity contribution in [1.82, 2.24) is 9.80 Å². The van der Waals surface area contributed by atoms with E-state index in [4.69, 9.17) is 4.74 Å². The first kappa shape index (κ1) is 11.4. The number of rotatable bonds is 5. The Labute approximate surface area is 75.6 Å². The predicted molar refractivity (Wildman–Crippen MR) is 50.2 cm³/mol. The van der Waals surface area contributed by atoms with Gasteiger partial charge in [-0.25, -0.2) is 0 Å². The van der Waals surface area contributed by atoms with Gasteiger partial charge in [0.15, 0.2) is 0 Å². The molecule has 0 rings (SSSR count). The van der Waals surface area contributed by atoms with Gasteiger partial charge in [-0.3, -0.25) is 9.69 Å². The van der Waals surface area contributed by atoms with Crippen LogP contribution in [0.4, 0.5) is 0 Å². The van der Waals surface area contributed by atoms with Gasteiger partial charge in [0.05, 0.1) is 6.54 Å². The molecule has 74 valence electrons. The second-order valence-electron chi connectivity index (χ2n) is 3.26. The molecule has 0 aromatic heterocycles. The van der Waals surface area contributed by atoms with Crippen molar-refractivity contribution in [2.75, 3.05) is 47.9 Å². The van der Waals surface area contributed by atoms with Crippen LogP contribution in [0.25, 0.3) is 0 Å². The number of nitrogens with zero attached hydrogens (tertiary/aromatic N) is 2. The van der Waals surface area contributed by atoms with E-state index in [1.54, 1.807) is 4.90 Å². The van der Waals surface area contributed by atoms with Gasteiger partial charge in [-0.15, -0.1) is 0 Å². The van der Waals surface area contributed by atoms with Crippen molar-refractivity contribution in [1.29, 1.82) is 0 Å². The van der Waals surface area contributed by atoms with Crippen molar-refractivity contribution < 1.29 is 11.0 Å². The molecule has 0 aromatic rings. The van der Waals surface area contributed by atoms with Gasteiger partial charge in [-0.1, -0.05) is 0 Å². The van der Waals surface area contributed by atoms with Crippen LogP contribution in [0.3, 0.4) is 0 Å². The summed E-state index contributed by atoms with van der Waals surface area (Å²) in [6, 6.07) is 0. The third kappa shape index (κ3) is 7.50. The maximum absolute atomic E-state index is 11.0. The molecule has 0 aliphatic heterocycles. The van der Waals surface area contributed by atoms with E-state index in [1.807, 2.05) is 33.1 Å². The Kier molecular flexibility index (Phi) is 5.66. The fraction of sp³-hybridized carbons (Fsp3) is 0.875. The minimum Gasteiger partial charge on any atom is -0.463 e. The lowest BCUT2D eigenvalue weighted by atomic mass is 10.6. The Bertz CT molecular complexity index is 140. The van der Waals surface area contributed by atoms with E-state index in [1.165, 1.54) is 0 Å². The van der Waals surface area contributed by atoms with E-state index in [0.29, 0.717) is 13.2 Å². The van der Waals surface area contributed by atoms with E-state index in [0.717, 1.165) is 6.54 Å². The van der Waals surface area contributed by atoms with Crippen molar-refractivity contribution in [2.45, 2.75) is 0 Å². The first-order chi connectivity index (χ1) is 5.52. The van der Waals surface area contributed by atoms with E-state index >= 15 is 0 Å². The average molecular weight is 176 g/mol. The molecular formula is C8H20N2O2. The Morgan fingerprint density at radius 1 is 1.25 bits per heavy atom. The minimum atomic E-state index is -0.165. The first-order valence-electron chi connectivity index (χ1n) is 3.97. The summed E-state index contributed by atoms with van der Waals surface area (Å²) in [6.07, 6.45) is 0. The van der Waals surface area contributed by atoms with E-state index in [2.05, 4.69) is 0 Å². The van der Waals surface area contributed by atoms with Crippen LogP contribution in [-0.2, 0) is 9.53 Å². The number of esters is 1. The van der Waals surface area contributed by atoms with E-state index in [9.17, 15) is 4.79 Å². The molecule has 0 spiro atoms. The zero-order chi connectivity index (χ0) is 9.56. The molecule has 4 nitrogen and oxygen atoms in total. The van der Waals surface area contributed by atoms with Gasteiger partial charge in [-0.05, 0) is 28.2 Å². The van der Waals surface area contributed by atoms with Gasteiger partial charge >= 0.3 is 5.97 Å². The van der Waals surface area contributed by atoms with Crippen molar-refractivity contribution in [3.05, 3.63) is 0 Å². The Morgan fingerprint density at radius 2 is 1.83 bits per heavy atom. The molecule has 12 heavy (non-hydrogen) atoms. The number of carbonyl (C=O) groups excluding carboxylic acids is 1. The molecule has 0 aliphatic carbocycles. The van der Waals surface area contributed by atoms with E-state index < -0.39 is 0 Å². The summed E-state index contributed by atoms with van der Waals surface area (Å²) in [6.45, 7) is 1.60. The van der Waals surface area contributed by atoms with Crippen LogP contribution in [0.1, 0.15) is 1.43 Å². The zero-order valence-electron chi connectivity index (χ0n) is 8.33. The average Bonchev–Trinajstić information content (AvgIpc) is 1.84. The lowest BCUT2D eigenvalue weighted by Gasteiger charge is -2.11. The van der Waals surface area contributed by atoms with Gasteiger partial charge in [-0.2, -0.15) is 0 Å². The van der Waals surface area contributed by atoms with Gasteiger partial charge in [0.2, 0.25) is 0 Å². The lowest BCUT2D eigenvalue weighted by Crippen LogP contribution is -2.26. The number of likely N-dealkylation sites (N-methyl/N-ethyl adjacent to an activating group) is 2. The van der Waals surface area contributed by atoms with Gasteiger partial charge in [0.25, 0.3) is 0 Å². The molecule has 0 unspecified atom stereocenters. The third-order valence-electron chi connectivity index (χ3n) is 1.25. The largest absolute Gasteiger partial charge is 0.463 e. The van der Waals surface area contributed by atoms with Crippen molar-refractivity contribution >= 4 is 5.97 Å². The number of hydrogen-bond acceptors (Lipinski definition) is 4. The molecular weight excluding hydrogens is 156 g/mol. The highest BCUT2D eigenvalue weighted by molar-refractivity contribution is 5.71. The minimum absolute atomic E-state index is 0. The fourth-order valence-electron chi connectivity index (χ4n) is 0.646. The quantitative estimate of drug-likeness (QED) is 0.548. The summed E-state index contributed by atoms with van der Waals surface area (Å²) in [5.41, 5.74) is 0. The normalized spacial score (nSPS) is 10.8. The zero-order valence-corrected chi connectivity index (χ0v) is 8.33. The van der Waals surface area contributed by atoms with Crippen LogP contribution in [-0.4, -0.2) is 63.7 Å². The van der Waals surface area contributed by atoms with Gasteiger partial charge < -0.3 is 9.64 Å². The maximum Gasteiger partial charge on any atom is 0.320 e. The third-order valence-corrected chi connectivity index (χ3v) is 1.25. The fourth-order valence-corrected chi connectivity index (χ4v) is 0.646. The second-order valence-corrected chi connectivity index (χ2v) is 3.26. The van der Waals surface area contributed by atoms with Crippen LogP contribution in [0, 0.1) is 0 Å². The van der Waals surface area contributed by atoms with Crippen molar-refractivity contribution in [2.24, 2.45) is 0 Å². The van der Waals surface area contributed by atoms with Crippen LogP contribution >= 0.6 is 0 Å². The second kappa shape index (κ2) is 5.97. The topological polar surface area (TPSA) is 32.8 Å². The molecule has 4 heteroatoms. The lowest BCUT2D eigenvalue weighted by molar-refractivity contribution is -0.144. The van der Waals surface area contributed by atoms with Gasteiger partial charge in [0.1, 0.15) is 6.61 Å². The monoisotopic (exact) mass is 176 g/mol. The summed E-state index contributed by atoms with van der Waals surface area (Å²) < 4.78 is 4.94. The first-order valence-corrected chi connectivity index (χ1v) is 3.97. The maximum atomic E-state index is 11.0. The van der Waals surface area contributed by atoms with E-state index in [-0.39, 0.29) is 7.40 Å². The highest BCUT2D eigenvalue weighted by atomic mass is 16.5. The molecule has 0 N–H and O–H groups in total. The van der Waals surface area contributed by atoms with Crippen molar-refractivity contribution in [3.8, 4) is 0 Å². The molecule has 0 heterocycles.